The van der Waals surface area contributed by atoms with Crippen LogP contribution in [0.25, 0.3) is 0 Å². The van der Waals surface area contributed by atoms with Gasteiger partial charge in [-0.3, -0.25) is 4.98 Å². The fourth-order valence-electron chi connectivity index (χ4n) is 3.79. The molecule has 2 amide bonds. The molecular formula is C21H28N4O3S2. The van der Waals surface area contributed by atoms with Gasteiger partial charge >= 0.3 is 6.03 Å². The molecule has 7 nitrogen and oxygen atoms in total. The average molecular weight is 449 g/mol. The van der Waals surface area contributed by atoms with Gasteiger partial charge in [-0.2, -0.15) is 0 Å². The van der Waals surface area contributed by atoms with E-state index in [1.807, 2.05) is 6.92 Å². The van der Waals surface area contributed by atoms with Crippen LogP contribution in [0.2, 0.25) is 0 Å². The van der Waals surface area contributed by atoms with Gasteiger partial charge in [0.2, 0.25) is 0 Å². The predicted octanol–water partition coefficient (Wildman–Crippen LogP) is 4.05. The third-order valence-corrected chi connectivity index (χ3v) is 8.63. The Hall–Kier alpha value is -1.81. The third kappa shape index (κ3) is 4.44. The van der Waals surface area contributed by atoms with Crippen LogP contribution in [0.4, 0.5) is 10.5 Å². The van der Waals surface area contributed by atoms with Crippen LogP contribution in [0.5, 0.6) is 0 Å². The maximum Gasteiger partial charge on any atom is 0.354 e. The Labute approximate surface area is 181 Å². The molecule has 2 aromatic rings. The van der Waals surface area contributed by atoms with Crippen LogP contribution in [-0.4, -0.2) is 20.3 Å². The van der Waals surface area contributed by atoms with Gasteiger partial charge in [-0.15, -0.1) is 15.7 Å². The number of nitrogens with zero attached hydrogens (tertiary/aromatic N) is 2. The molecule has 0 saturated heterocycles. The van der Waals surface area contributed by atoms with Crippen LogP contribution in [0, 0.1) is 12.8 Å². The molecule has 0 aromatic carbocycles. The number of nitrogens with one attached hydrogen (secondary N) is 1. The highest BCUT2D eigenvalue weighted by Crippen LogP contribution is 2.37. The molecule has 0 radical (unpaired) electrons. The maximum atomic E-state index is 12.9. The molecule has 0 aliphatic heterocycles. The second-order valence-electron chi connectivity index (χ2n) is 8.79. The molecule has 30 heavy (non-hydrogen) atoms. The molecule has 0 spiro atoms. The lowest BCUT2D eigenvalue weighted by atomic mass is 10.0. The number of rotatable bonds is 5. The number of pyridine rings is 1. The minimum atomic E-state index is -3.41. The number of aliphatic hydroxyl groups is 1. The van der Waals surface area contributed by atoms with Gasteiger partial charge in [-0.05, 0) is 93.4 Å². The zero-order valence-electron chi connectivity index (χ0n) is 17.5. The fourth-order valence-corrected chi connectivity index (χ4v) is 6.07. The Morgan fingerprint density at radius 1 is 1.43 bits per heavy atom. The summed E-state index contributed by atoms with van der Waals surface area (Å²) in [6.07, 6.45) is 6.19. The summed E-state index contributed by atoms with van der Waals surface area (Å²) in [5.41, 5.74) is 4.36. The van der Waals surface area contributed by atoms with Crippen LogP contribution < -0.4 is 10.5 Å². The normalized spacial score (nSPS) is 18.0. The maximum absolute atomic E-state index is 12.9. The molecule has 0 bridgehead atoms. The number of fused-ring (bicyclic) bond motifs is 1. The zero-order chi connectivity index (χ0) is 21.7. The van der Waals surface area contributed by atoms with Crippen LogP contribution >= 0.6 is 11.3 Å². The van der Waals surface area contributed by atoms with Gasteiger partial charge in [0.05, 0.1) is 11.3 Å². The number of carbonyl (C=O) groups is 1. The van der Waals surface area contributed by atoms with Crippen LogP contribution in [0.1, 0.15) is 61.2 Å². The summed E-state index contributed by atoms with van der Waals surface area (Å²) in [6, 6.07) is 0.828. The summed E-state index contributed by atoms with van der Waals surface area (Å²) in [5, 5.41) is 20.6. The molecule has 4 rings (SSSR count). The first-order chi connectivity index (χ1) is 14.0. The summed E-state index contributed by atoms with van der Waals surface area (Å²) in [6.45, 7) is 5.24. The summed E-state index contributed by atoms with van der Waals surface area (Å²) >= 11 is 1.13. The van der Waals surface area contributed by atoms with Gasteiger partial charge in [-0.1, -0.05) is 0 Å². The fraction of sp³-hybridized carbons (Fsp3) is 0.524. The lowest BCUT2D eigenvalue weighted by Gasteiger charge is -2.16. The van der Waals surface area contributed by atoms with E-state index >= 15 is 0 Å². The molecule has 9 heteroatoms. The van der Waals surface area contributed by atoms with Crippen molar-refractivity contribution in [1.82, 2.24) is 4.98 Å². The SMILES string of the molecule is Cc1c(CC2CC2)nc2c(c1NC(=O)N=S(N)(=O)c1cc(C(C)(C)O)cs1)CCC2. The number of thiophene rings is 1. The quantitative estimate of drug-likeness (QED) is 0.639. The lowest BCUT2D eigenvalue weighted by Crippen LogP contribution is -2.19. The minimum Gasteiger partial charge on any atom is -0.386 e. The highest BCUT2D eigenvalue weighted by Gasteiger charge is 2.28. The Morgan fingerprint density at radius 3 is 2.80 bits per heavy atom. The monoisotopic (exact) mass is 448 g/mol. The van der Waals surface area contributed by atoms with Gasteiger partial charge in [0, 0.05) is 11.4 Å². The second kappa shape index (κ2) is 7.71. The van der Waals surface area contributed by atoms with Gasteiger partial charge in [0.1, 0.15) is 4.21 Å². The average Bonchev–Trinajstić information content (AvgIpc) is 3.11. The Balaban J connectivity index is 1.63. The van der Waals surface area contributed by atoms with E-state index < -0.39 is 21.5 Å². The molecule has 2 aliphatic rings. The van der Waals surface area contributed by atoms with E-state index in [1.54, 1.807) is 25.3 Å². The van der Waals surface area contributed by atoms with Crippen molar-refractivity contribution in [2.45, 2.75) is 69.1 Å². The Kier molecular flexibility index (Phi) is 5.50. The largest absolute Gasteiger partial charge is 0.386 e. The standard InChI is InChI=1S/C21H28N4O3S2/c1-12-17(9-13-7-8-13)23-16-6-4-5-15(16)19(12)24-20(26)25-30(22,28)18-10-14(11-29-18)21(2,3)27/h10-11,13,27H,4-9H2,1-3H3,(H3,22,23,24,25,26,28). The van der Waals surface area contributed by atoms with E-state index in [0.29, 0.717) is 11.5 Å². The highest BCUT2D eigenvalue weighted by atomic mass is 32.2. The smallest absolute Gasteiger partial charge is 0.354 e. The molecule has 162 valence electrons. The Morgan fingerprint density at radius 2 is 2.17 bits per heavy atom. The van der Waals surface area contributed by atoms with Crippen molar-refractivity contribution in [3.8, 4) is 0 Å². The summed E-state index contributed by atoms with van der Waals surface area (Å²) < 4.78 is 17.0. The molecule has 1 saturated carbocycles. The molecule has 4 N–H and O–H groups in total. The van der Waals surface area contributed by atoms with E-state index in [9.17, 15) is 14.1 Å². The van der Waals surface area contributed by atoms with Crippen LogP contribution in [-0.2, 0) is 34.8 Å². The van der Waals surface area contributed by atoms with Crippen molar-refractivity contribution >= 4 is 33.0 Å². The predicted molar refractivity (Wildman–Crippen MR) is 119 cm³/mol. The van der Waals surface area contributed by atoms with E-state index in [1.165, 1.54) is 12.8 Å². The molecule has 2 aromatic heterocycles. The number of nitrogens with two attached hydrogens (primary N) is 1. The van der Waals surface area contributed by atoms with Gasteiger partial charge in [0.15, 0.2) is 9.92 Å². The second-order valence-corrected chi connectivity index (χ2v) is 11.7. The van der Waals surface area contributed by atoms with Crippen molar-refractivity contribution in [2.24, 2.45) is 15.4 Å². The van der Waals surface area contributed by atoms with Crippen LogP contribution in [0.3, 0.4) is 0 Å². The molecule has 1 atom stereocenters. The number of anilines is 1. The van der Waals surface area contributed by atoms with Crippen molar-refractivity contribution in [1.29, 1.82) is 0 Å². The van der Waals surface area contributed by atoms with E-state index in [4.69, 9.17) is 10.1 Å². The Bertz CT molecular complexity index is 1120. The zero-order valence-corrected chi connectivity index (χ0v) is 19.2. The van der Waals surface area contributed by atoms with Crippen LogP contribution in [0.15, 0.2) is 20.0 Å². The van der Waals surface area contributed by atoms with E-state index in [-0.39, 0.29) is 4.21 Å². The first-order valence-corrected chi connectivity index (χ1v) is 12.7. The van der Waals surface area contributed by atoms with Crippen molar-refractivity contribution in [3.63, 3.8) is 0 Å². The number of urea groups is 1. The van der Waals surface area contributed by atoms with Gasteiger partial charge in [0.25, 0.3) is 0 Å². The first kappa shape index (κ1) is 21.4. The molecule has 1 fully saturated rings. The summed E-state index contributed by atoms with van der Waals surface area (Å²) in [4.78, 5) is 17.6. The molecule has 2 aliphatic carbocycles. The molecular weight excluding hydrogens is 420 g/mol. The number of aromatic nitrogens is 1. The number of hydrogen-bond acceptors (Lipinski definition) is 5. The number of hydrogen-bond donors (Lipinski definition) is 3. The third-order valence-electron chi connectivity index (χ3n) is 5.77. The lowest BCUT2D eigenvalue weighted by molar-refractivity contribution is 0.0789. The molecule has 1 unspecified atom stereocenters. The van der Waals surface area contributed by atoms with Crippen molar-refractivity contribution in [3.05, 3.63) is 39.5 Å². The van der Waals surface area contributed by atoms with Crippen molar-refractivity contribution in [2.75, 3.05) is 5.32 Å². The topological polar surface area (TPSA) is 118 Å². The summed E-state index contributed by atoms with van der Waals surface area (Å²) in [5.74, 6) is 0.690. The highest BCUT2D eigenvalue weighted by molar-refractivity contribution is 7.93. The number of amides is 2. The van der Waals surface area contributed by atoms with E-state index in [0.717, 1.165) is 65.2 Å². The van der Waals surface area contributed by atoms with Crippen molar-refractivity contribution < 1.29 is 14.1 Å². The summed E-state index contributed by atoms with van der Waals surface area (Å²) in [7, 11) is -3.41. The van der Waals surface area contributed by atoms with E-state index in [2.05, 4.69) is 9.68 Å². The van der Waals surface area contributed by atoms with Gasteiger partial charge < -0.3 is 10.4 Å². The number of aryl methyl sites for hydroxylation is 1. The van der Waals surface area contributed by atoms with Gasteiger partial charge in [-0.25, -0.2) is 14.1 Å². The minimum absolute atomic E-state index is 0.265. The first-order valence-electron chi connectivity index (χ1n) is 10.2. The number of carbonyl (C=O) groups excluding carboxylic acids is 1. The molecule has 2 heterocycles.